The highest BCUT2D eigenvalue weighted by Crippen LogP contribution is 2.59. The van der Waals surface area contributed by atoms with Crippen LogP contribution in [0.25, 0.3) is 0 Å². The van der Waals surface area contributed by atoms with E-state index in [2.05, 4.69) is 18.5 Å². The van der Waals surface area contributed by atoms with Crippen molar-refractivity contribution in [1.82, 2.24) is 10.2 Å². The first-order valence-electron chi connectivity index (χ1n) is 18.1. The first kappa shape index (κ1) is 38.0. The number of aliphatic hydroxyl groups is 1. The fourth-order valence-corrected chi connectivity index (χ4v) is 8.67. The summed E-state index contributed by atoms with van der Waals surface area (Å²) in [6.07, 6.45) is 3.52. The van der Waals surface area contributed by atoms with Crippen LogP contribution in [0.3, 0.4) is 0 Å². The predicted molar refractivity (Wildman–Crippen MR) is 202 cm³/mol. The number of benzene rings is 3. The Kier molecular flexibility index (Phi) is 11.8. The molecule has 0 aliphatic carbocycles. The van der Waals surface area contributed by atoms with Gasteiger partial charge in [0.25, 0.3) is 5.91 Å². The third-order valence-electron chi connectivity index (χ3n) is 10.7. The predicted octanol–water partition coefficient (Wildman–Crippen LogP) is 5.51. The Hall–Kier alpha value is -4.77. The first-order valence-corrected chi connectivity index (χ1v) is 18.5. The number of fused-ring (bicyclic) bond motifs is 1. The monoisotopic (exact) mass is 739 g/mol. The van der Waals surface area contributed by atoms with Crippen LogP contribution in [0.4, 0.5) is 5.69 Å². The summed E-state index contributed by atoms with van der Waals surface area (Å²) in [5.74, 6) is -3.83. The third-order valence-corrected chi connectivity index (χ3v) is 11.0. The fraction of sp³-hybridized carbons (Fsp3) is 0.381. The smallest absolute Gasteiger partial charge is 0.313 e. The van der Waals surface area contributed by atoms with Gasteiger partial charge in [-0.3, -0.25) is 19.2 Å². The second-order valence-corrected chi connectivity index (χ2v) is 14.3. The number of carbonyl (C=O) groups is 4. The number of nitrogens with zero attached hydrogens (tertiary/aromatic N) is 2. The van der Waals surface area contributed by atoms with Gasteiger partial charge >= 0.3 is 5.97 Å². The maximum atomic E-state index is 15.2. The minimum Gasteiger partial charge on any atom is -0.455 e. The first-order chi connectivity index (χ1) is 25.6. The van der Waals surface area contributed by atoms with Crippen molar-refractivity contribution in [1.29, 1.82) is 0 Å². The van der Waals surface area contributed by atoms with Crippen LogP contribution in [0, 0.1) is 18.8 Å². The zero-order chi connectivity index (χ0) is 37.7. The third kappa shape index (κ3) is 7.40. The molecule has 3 aromatic rings. The molecule has 6 rings (SSSR count). The molecule has 0 saturated carbocycles. The van der Waals surface area contributed by atoms with Gasteiger partial charge in [-0.2, -0.15) is 0 Å². The Morgan fingerprint density at radius 1 is 1.08 bits per heavy atom. The van der Waals surface area contributed by atoms with E-state index >= 15 is 4.79 Å². The summed E-state index contributed by atoms with van der Waals surface area (Å²) in [6.45, 7) is 9.11. The summed E-state index contributed by atoms with van der Waals surface area (Å²) in [5.41, 5.74) is 1.41. The number of para-hydroxylation sites is 1. The summed E-state index contributed by atoms with van der Waals surface area (Å²) in [4.78, 5) is 60.0. The molecule has 2 bridgehead atoms. The lowest BCUT2D eigenvalue weighted by Crippen LogP contribution is -2.59. The van der Waals surface area contributed by atoms with Crippen molar-refractivity contribution >= 4 is 41.0 Å². The van der Waals surface area contributed by atoms with E-state index in [0.29, 0.717) is 35.5 Å². The van der Waals surface area contributed by atoms with E-state index in [-0.39, 0.29) is 31.8 Å². The average Bonchev–Trinajstić information content (AvgIpc) is 3.82. The number of ether oxygens (including phenoxy) is 2. The summed E-state index contributed by atoms with van der Waals surface area (Å²) in [7, 11) is 0. The molecule has 3 amide bonds. The van der Waals surface area contributed by atoms with E-state index < -0.39 is 66.1 Å². The average molecular weight is 740 g/mol. The number of carbonyl (C=O) groups excluding carboxylic acids is 4. The number of hydrogen-bond acceptors (Lipinski definition) is 7. The molecule has 0 radical (unpaired) electrons. The molecule has 3 saturated heterocycles. The molecular formula is C42H46ClN3O7. The number of rotatable bonds is 16. The molecule has 278 valence electrons. The maximum absolute atomic E-state index is 15.2. The van der Waals surface area contributed by atoms with Crippen molar-refractivity contribution in [3.8, 4) is 0 Å². The standard InChI is InChI=1S/C42H46ClN3O7/c1-4-6-20-34(48)44-25-33(29-17-11-8-12-18-29)52-41(51)35-32-21-22-42(53-32)36(35)39(49)46(30(26-47)24-28-15-9-7-10-16-28)38(42)40(50)45(23-5-2)37-27(3)14-13-19-31(37)43/h4-5,7-19,30,32-33,35-36,38,47H,1-2,6,20-26H2,3H3,(H,44,48)/t30-,32+,33-,35-,36-,38+,42-/m1/s1. The number of anilines is 1. The molecule has 3 aliphatic heterocycles. The van der Waals surface area contributed by atoms with Crippen LogP contribution in [-0.2, 0) is 35.1 Å². The Labute approximate surface area is 315 Å². The van der Waals surface area contributed by atoms with Gasteiger partial charge in [0.05, 0.1) is 47.8 Å². The highest BCUT2D eigenvalue weighted by Gasteiger charge is 2.75. The van der Waals surface area contributed by atoms with Gasteiger partial charge in [0, 0.05) is 13.0 Å². The zero-order valence-corrected chi connectivity index (χ0v) is 30.6. The van der Waals surface area contributed by atoms with E-state index in [9.17, 15) is 19.5 Å². The number of aliphatic hydroxyl groups excluding tert-OH is 1. The minimum atomic E-state index is -1.37. The lowest BCUT2D eigenvalue weighted by atomic mass is 9.70. The van der Waals surface area contributed by atoms with Gasteiger partial charge in [0.2, 0.25) is 11.8 Å². The van der Waals surface area contributed by atoms with Crippen LogP contribution < -0.4 is 10.2 Å². The van der Waals surface area contributed by atoms with Crippen LogP contribution in [-0.4, -0.2) is 77.2 Å². The lowest BCUT2D eigenvalue weighted by Gasteiger charge is -2.39. The van der Waals surface area contributed by atoms with Gasteiger partial charge in [0.1, 0.15) is 17.7 Å². The zero-order valence-electron chi connectivity index (χ0n) is 29.9. The number of hydrogen-bond donors (Lipinski definition) is 2. The van der Waals surface area contributed by atoms with Crippen molar-refractivity contribution in [2.45, 2.75) is 68.9 Å². The van der Waals surface area contributed by atoms with Crippen LogP contribution in [0.1, 0.15) is 48.5 Å². The molecule has 0 unspecified atom stereocenters. The number of aryl methyl sites for hydroxylation is 1. The Morgan fingerprint density at radius 2 is 1.79 bits per heavy atom. The summed E-state index contributed by atoms with van der Waals surface area (Å²) in [5, 5.41) is 14.1. The highest BCUT2D eigenvalue weighted by atomic mass is 35.5. The Morgan fingerprint density at radius 3 is 2.45 bits per heavy atom. The van der Waals surface area contributed by atoms with Gasteiger partial charge in [0.15, 0.2) is 0 Å². The summed E-state index contributed by atoms with van der Waals surface area (Å²) >= 11 is 6.72. The van der Waals surface area contributed by atoms with Crippen LogP contribution >= 0.6 is 11.6 Å². The molecule has 3 heterocycles. The SMILES string of the molecule is C=CCCC(=O)NC[C@@H](OC(=O)[C@@H]1[C@@H]2CC[C@]3(O2)[C@H](C(=O)N(CC=C)c2c(C)cccc2Cl)N([C@@H](CO)Cc2ccccc2)C(=O)[C@@H]13)c1ccccc1. The van der Waals surface area contributed by atoms with Crippen LogP contribution in [0.5, 0.6) is 0 Å². The number of nitrogens with one attached hydrogen (secondary N) is 1. The van der Waals surface area contributed by atoms with Crippen molar-refractivity contribution in [2.75, 3.05) is 24.6 Å². The van der Waals surface area contributed by atoms with Crippen molar-refractivity contribution in [3.63, 3.8) is 0 Å². The minimum absolute atomic E-state index is 0.0261. The lowest BCUT2D eigenvalue weighted by molar-refractivity contribution is -0.161. The van der Waals surface area contributed by atoms with E-state index in [1.807, 2.05) is 73.7 Å². The molecular weight excluding hydrogens is 694 g/mol. The molecule has 2 N–H and O–H groups in total. The molecule has 7 atom stereocenters. The Balaban J connectivity index is 1.38. The second-order valence-electron chi connectivity index (χ2n) is 13.9. The molecule has 11 heteroatoms. The fourth-order valence-electron chi connectivity index (χ4n) is 8.34. The van der Waals surface area contributed by atoms with E-state index in [1.54, 1.807) is 24.3 Å². The molecule has 10 nitrogen and oxygen atoms in total. The molecule has 3 fully saturated rings. The van der Waals surface area contributed by atoms with E-state index in [0.717, 1.165) is 11.1 Å². The molecule has 3 aromatic carbocycles. The van der Waals surface area contributed by atoms with Gasteiger partial charge in [-0.1, -0.05) is 96.5 Å². The number of esters is 1. The van der Waals surface area contributed by atoms with Gasteiger partial charge in [-0.15, -0.1) is 13.2 Å². The second kappa shape index (κ2) is 16.5. The van der Waals surface area contributed by atoms with E-state index in [4.69, 9.17) is 21.1 Å². The van der Waals surface area contributed by atoms with Gasteiger partial charge in [-0.25, -0.2) is 0 Å². The number of amides is 3. The molecule has 3 aliphatic rings. The van der Waals surface area contributed by atoms with Crippen molar-refractivity contribution < 1.29 is 33.8 Å². The van der Waals surface area contributed by atoms with Crippen LogP contribution in [0.2, 0.25) is 5.02 Å². The Bertz CT molecular complexity index is 1820. The number of likely N-dealkylation sites (tertiary alicyclic amines) is 1. The molecule has 0 aromatic heterocycles. The van der Waals surface area contributed by atoms with Crippen LogP contribution in [0.15, 0.2) is 104 Å². The van der Waals surface area contributed by atoms with Gasteiger partial charge in [-0.05, 0) is 55.4 Å². The maximum Gasteiger partial charge on any atom is 0.313 e. The largest absolute Gasteiger partial charge is 0.455 e. The number of allylic oxidation sites excluding steroid dienone is 1. The van der Waals surface area contributed by atoms with E-state index in [1.165, 1.54) is 9.80 Å². The van der Waals surface area contributed by atoms with Crippen molar-refractivity contribution in [2.24, 2.45) is 11.8 Å². The topological polar surface area (TPSA) is 125 Å². The highest BCUT2D eigenvalue weighted by molar-refractivity contribution is 6.34. The quantitative estimate of drug-likeness (QED) is 0.147. The summed E-state index contributed by atoms with van der Waals surface area (Å²) in [6, 6.07) is 21.9. The summed E-state index contributed by atoms with van der Waals surface area (Å²) < 4.78 is 12.9. The van der Waals surface area contributed by atoms with Gasteiger partial charge < -0.3 is 29.7 Å². The molecule has 1 spiro atoms. The molecule has 53 heavy (non-hydrogen) atoms. The number of halogens is 1. The van der Waals surface area contributed by atoms with Crippen molar-refractivity contribution in [3.05, 3.63) is 126 Å². The normalized spacial score (nSPS) is 23.9.